The fraction of sp³-hybridized carbons (Fsp3) is 0.500. The third kappa shape index (κ3) is 2.67. The zero-order chi connectivity index (χ0) is 12.1. The summed E-state index contributed by atoms with van der Waals surface area (Å²) in [4.78, 5) is 4.53. The topological polar surface area (TPSA) is 34.1 Å². The van der Waals surface area contributed by atoms with E-state index in [9.17, 15) is 0 Å². The van der Waals surface area contributed by atoms with Crippen LogP contribution in [0.15, 0.2) is 30.2 Å². The molecule has 2 rings (SSSR count). The molecule has 1 atom stereocenters. The predicted molar refractivity (Wildman–Crippen MR) is 68.7 cm³/mol. The van der Waals surface area contributed by atoms with Gasteiger partial charge in [-0.15, -0.1) is 0 Å². The second-order valence-corrected chi connectivity index (χ2v) is 4.14. The standard InChI is InChI=1S/C14H20N2O/c1-3-11-7-5-9-16-13(11)14(15-4-2)12-8-6-10-17-12/h5,7-9,14-15H,3-4,6,10H2,1-2H3. The normalized spacial score (nSPS) is 16.5. The van der Waals surface area contributed by atoms with Gasteiger partial charge in [0, 0.05) is 12.6 Å². The van der Waals surface area contributed by atoms with E-state index in [0.29, 0.717) is 0 Å². The largest absolute Gasteiger partial charge is 0.496 e. The smallest absolute Gasteiger partial charge is 0.115 e. The number of nitrogens with zero attached hydrogens (tertiary/aromatic N) is 1. The van der Waals surface area contributed by atoms with Crippen LogP contribution in [0.3, 0.4) is 0 Å². The van der Waals surface area contributed by atoms with Gasteiger partial charge in [0.1, 0.15) is 11.8 Å². The van der Waals surface area contributed by atoms with Crippen LogP contribution in [0.4, 0.5) is 0 Å². The van der Waals surface area contributed by atoms with E-state index in [2.05, 4.69) is 36.3 Å². The van der Waals surface area contributed by atoms with Crippen molar-refractivity contribution in [3.8, 4) is 0 Å². The van der Waals surface area contributed by atoms with Gasteiger partial charge in [-0.05, 0) is 30.7 Å². The van der Waals surface area contributed by atoms with Gasteiger partial charge in [-0.3, -0.25) is 4.98 Å². The van der Waals surface area contributed by atoms with Crippen molar-refractivity contribution in [3.05, 3.63) is 41.4 Å². The highest BCUT2D eigenvalue weighted by molar-refractivity contribution is 5.28. The maximum Gasteiger partial charge on any atom is 0.115 e. The Labute approximate surface area is 103 Å². The maximum absolute atomic E-state index is 5.68. The summed E-state index contributed by atoms with van der Waals surface area (Å²) in [5.41, 5.74) is 2.39. The van der Waals surface area contributed by atoms with Gasteiger partial charge < -0.3 is 10.1 Å². The number of hydrogen-bond donors (Lipinski definition) is 1. The van der Waals surface area contributed by atoms with Gasteiger partial charge in [-0.1, -0.05) is 19.9 Å². The molecule has 0 spiro atoms. The van der Waals surface area contributed by atoms with E-state index in [-0.39, 0.29) is 6.04 Å². The summed E-state index contributed by atoms with van der Waals surface area (Å²) in [6.07, 6.45) is 6.03. The Balaban J connectivity index is 2.31. The Bertz CT molecular complexity index is 401. The Morgan fingerprint density at radius 1 is 1.47 bits per heavy atom. The molecule has 0 saturated carbocycles. The minimum atomic E-state index is 0.110. The molecule has 2 heterocycles. The maximum atomic E-state index is 5.68. The molecule has 92 valence electrons. The van der Waals surface area contributed by atoms with E-state index in [1.165, 1.54) is 5.56 Å². The van der Waals surface area contributed by atoms with Gasteiger partial charge in [0.05, 0.1) is 12.3 Å². The number of aromatic nitrogens is 1. The molecule has 1 unspecified atom stereocenters. The van der Waals surface area contributed by atoms with E-state index in [4.69, 9.17) is 4.74 Å². The average molecular weight is 232 g/mol. The molecule has 1 aromatic rings. The number of ether oxygens (including phenoxy) is 1. The molecule has 3 heteroatoms. The molecule has 0 aliphatic carbocycles. The predicted octanol–water partition coefficient (Wildman–Crippen LogP) is 2.60. The molecule has 3 nitrogen and oxygen atoms in total. The molecule has 0 radical (unpaired) electrons. The van der Waals surface area contributed by atoms with Crippen LogP contribution in [0, 0.1) is 0 Å². The molecular formula is C14H20N2O. The number of nitrogens with one attached hydrogen (secondary N) is 1. The second-order valence-electron chi connectivity index (χ2n) is 4.14. The lowest BCUT2D eigenvalue weighted by atomic mass is 10.0. The monoisotopic (exact) mass is 232 g/mol. The van der Waals surface area contributed by atoms with Gasteiger partial charge in [0.2, 0.25) is 0 Å². The van der Waals surface area contributed by atoms with Crippen molar-refractivity contribution in [1.82, 2.24) is 10.3 Å². The average Bonchev–Trinajstić information content (AvgIpc) is 2.89. The summed E-state index contributed by atoms with van der Waals surface area (Å²) in [5, 5.41) is 3.46. The number of likely N-dealkylation sites (N-methyl/N-ethyl adjacent to an activating group) is 1. The molecule has 0 bridgehead atoms. The quantitative estimate of drug-likeness (QED) is 0.847. The Morgan fingerprint density at radius 3 is 3.00 bits per heavy atom. The third-order valence-electron chi connectivity index (χ3n) is 3.01. The van der Waals surface area contributed by atoms with E-state index in [1.807, 2.05) is 12.3 Å². The van der Waals surface area contributed by atoms with Crippen molar-refractivity contribution in [3.63, 3.8) is 0 Å². The van der Waals surface area contributed by atoms with Gasteiger partial charge in [0.25, 0.3) is 0 Å². The van der Waals surface area contributed by atoms with Crippen LogP contribution in [0.25, 0.3) is 0 Å². The highest BCUT2D eigenvalue weighted by Crippen LogP contribution is 2.27. The van der Waals surface area contributed by atoms with Gasteiger partial charge in [0.15, 0.2) is 0 Å². The minimum absolute atomic E-state index is 0.110. The second kappa shape index (κ2) is 5.82. The molecule has 0 amide bonds. The fourth-order valence-electron chi connectivity index (χ4n) is 2.18. The van der Waals surface area contributed by atoms with Gasteiger partial charge in [-0.25, -0.2) is 0 Å². The Hall–Kier alpha value is -1.35. The highest BCUT2D eigenvalue weighted by atomic mass is 16.5. The number of pyridine rings is 1. The zero-order valence-electron chi connectivity index (χ0n) is 10.6. The van der Waals surface area contributed by atoms with Crippen molar-refractivity contribution in [2.24, 2.45) is 0 Å². The van der Waals surface area contributed by atoms with Crippen molar-refractivity contribution in [1.29, 1.82) is 0 Å². The van der Waals surface area contributed by atoms with Gasteiger partial charge in [-0.2, -0.15) is 0 Å². The first-order valence-corrected chi connectivity index (χ1v) is 6.36. The first-order valence-electron chi connectivity index (χ1n) is 6.36. The summed E-state index contributed by atoms with van der Waals surface area (Å²) < 4.78 is 5.68. The van der Waals surface area contributed by atoms with E-state index < -0.39 is 0 Å². The number of rotatable bonds is 5. The molecule has 1 aromatic heterocycles. The summed E-state index contributed by atoms with van der Waals surface area (Å²) in [6.45, 7) is 5.97. The van der Waals surface area contributed by atoms with Crippen LogP contribution in [-0.4, -0.2) is 18.1 Å². The Kier molecular flexibility index (Phi) is 4.15. The number of hydrogen-bond acceptors (Lipinski definition) is 3. The van der Waals surface area contributed by atoms with Crippen LogP contribution in [0.2, 0.25) is 0 Å². The molecule has 0 saturated heterocycles. The van der Waals surface area contributed by atoms with E-state index in [1.54, 1.807) is 0 Å². The molecule has 0 fully saturated rings. The first kappa shape index (κ1) is 12.1. The van der Waals surface area contributed by atoms with Crippen LogP contribution in [0.5, 0.6) is 0 Å². The lowest BCUT2D eigenvalue weighted by molar-refractivity contribution is 0.214. The zero-order valence-corrected chi connectivity index (χ0v) is 10.6. The summed E-state index contributed by atoms with van der Waals surface area (Å²) in [6, 6.07) is 4.25. The van der Waals surface area contributed by atoms with Crippen LogP contribution >= 0.6 is 0 Å². The summed E-state index contributed by atoms with van der Waals surface area (Å²) in [5.74, 6) is 1.03. The first-order chi connectivity index (χ1) is 8.36. The van der Waals surface area contributed by atoms with Crippen LogP contribution in [-0.2, 0) is 11.2 Å². The molecule has 1 aliphatic heterocycles. The minimum Gasteiger partial charge on any atom is -0.496 e. The van der Waals surface area contributed by atoms with E-state index in [0.717, 1.165) is 37.4 Å². The van der Waals surface area contributed by atoms with Gasteiger partial charge >= 0.3 is 0 Å². The van der Waals surface area contributed by atoms with Crippen molar-refractivity contribution in [2.45, 2.75) is 32.7 Å². The molecule has 17 heavy (non-hydrogen) atoms. The Morgan fingerprint density at radius 2 is 2.35 bits per heavy atom. The lowest BCUT2D eigenvalue weighted by Crippen LogP contribution is -2.25. The lowest BCUT2D eigenvalue weighted by Gasteiger charge is -2.20. The summed E-state index contributed by atoms with van der Waals surface area (Å²) in [7, 11) is 0. The van der Waals surface area contributed by atoms with Crippen molar-refractivity contribution < 1.29 is 4.74 Å². The summed E-state index contributed by atoms with van der Waals surface area (Å²) >= 11 is 0. The fourth-order valence-corrected chi connectivity index (χ4v) is 2.18. The third-order valence-corrected chi connectivity index (χ3v) is 3.01. The molecule has 1 aliphatic rings. The molecule has 0 aromatic carbocycles. The van der Waals surface area contributed by atoms with Crippen LogP contribution in [0.1, 0.15) is 37.6 Å². The molecule has 1 N–H and O–H groups in total. The van der Waals surface area contributed by atoms with E-state index >= 15 is 0 Å². The van der Waals surface area contributed by atoms with Crippen LogP contribution < -0.4 is 5.32 Å². The SMILES string of the molecule is CCNC(C1=CCCO1)c1ncccc1CC. The van der Waals surface area contributed by atoms with Crippen molar-refractivity contribution >= 4 is 0 Å². The molecular weight excluding hydrogens is 212 g/mol. The van der Waals surface area contributed by atoms with Crippen molar-refractivity contribution in [2.75, 3.05) is 13.2 Å². The highest BCUT2D eigenvalue weighted by Gasteiger charge is 2.22. The number of aryl methyl sites for hydroxylation is 1.